The minimum atomic E-state index is -0.787. The van der Waals surface area contributed by atoms with Crippen LogP contribution in [0.3, 0.4) is 0 Å². The largest absolute Gasteiger partial charge is 0.481 e. The number of piperidine rings is 1. The van der Waals surface area contributed by atoms with Crippen LogP contribution in [-0.2, 0) is 9.53 Å². The molecule has 3 fully saturated rings. The van der Waals surface area contributed by atoms with E-state index >= 15 is 0 Å². The SMILES string of the molecule is O=C(O)[C@H]1CCCN(C(=O)N2CCOC3CCCCC32)C1. The molecular formula is C15H24N2O4. The molecule has 118 valence electrons. The molecule has 1 saturated carbocycles. The normalized spacial score (nSPS) is 33.4. The van der Waals surface area contributed by atoms with Crippen LogP contribution in [0.4, 0.5) is 4.79 Å². The molecule has 6 heteroatoms. The van der Waals surface area contributed by atoms with Crippen molar-refractivity contribution >= 4 is 12.0 Å². The number of carbonyl (C=O) groups excluding carboxylic acids is 1. The Balaban J connectivity index is 1.67. The van der Waals surface area contributed by atoms with Gasteiger partial charge in [0.05, 0.1) is 24.7 Å². The Hall–Kier alpha value is -1.30. The number of hydrogen-bond acceptors (Lipinski definition) is 3. The van der Waals surface area contributed by atoms with E-state index in [1.165, 1.54) is 6.42 Å². The van der Waals surface area contributed by atoms with Crippen molar-refractivity contribution in [3.8, 4) is 0 Å². The van der Waals surface area contributed by atoms with E-state index in [2.05, 4.69) is 0 Å². The summed E-state index contributed by atoms with van der Waals surface area (Å²) in [6.45, 7) is 2.26. The summed E-state index contributed by atoms with van der Waals surface area (Å²) in [7, 11) is 0. The number of rotatable bonds is 1. The van der Waals surface area contributed by atoms with Crippen LogP contribution >= 0.6 is 0 Å². The summed E-state index contributed by atoms with van der Waals surface area (Å²) >= 11 is 0. The van der Waals surface area contributed by atoms with Gasteiger partial charge in [-0.05, 0) is 25.7 Å². The fourth-order valence-electron chi connectivity index (χ4n) is 3.87. The second-order valence-electron chi connectivity index (χ2n) is 6.36. The highest BCUT2D eigenvalue weighted by molar-refractivity contribution is 5.77. The molecule has 3 atom stereocenters. The van der Waals surface area contributed by atoms with Gasteiger partial charge in [-0.15, -0.1) is 0 Å². The van der Waals surface area contributed by atoms with Gasteiger partial charge in [0.15, 0.2) is 0 Å². The van der Waals surface area contributed by atoms with Crippen LogP contribution in [-0.4, -0.2) is 65.3 Å². The van der Waals surface area contributed by atoms with E-state index in [0.29, 0.717) is 32.7 Å². The Morgan fingerprint density at radius 2 is 1.86 bits per heavy atom. The Kier molecular flexibility index (Phi) is 4.33. The van der Waals surface area contributed by atoms with E-state index < -0.39 is 11.9 Å². The molecule has 0 aromatic heterocycles. The lowest BCUT2D eigenvalue weighted by molar-refractivity contribution is -0.143. The van der Waals surface area contributed by atoms with Crippen molar-refractivity contribution in [3.05, 3.63) is 0 Å². The molecule has 2 amide bonds. The molecule has 0 aromatic rings. The number of amides is 2. The van der Waals surface area contributed by atoms with Gasteiger partial charge in [0.25, 0.3) is 0 Å². The fraction of sp³-hybridized carbons (Fsp3) is 0.867. The maximum absolute atomic E-state index is 12.8. The third-order valence-electron chi connectivity index (χ3n) is 5.02. The highest BCUT2D eigenvalue weighted by atomic mass is 16.5. The number of nitrogens with zero attached hydrogens (tertiary/aromatic N) is 2. The van der Waals surface area contributed by atoms with E-state index in [0.717, 1.165) is 25.7 Å². The summed E-state index contributed by atoms with van der Waals surface area (Å²) in [5.41, 5.74) is 0. The lowest BCUT2D eigenvalue weighted by Crippen LogP contribution is -2.59. The number of urea groups is 1. The number of hydrogen-bond donors (Lipinski definition) is 1. The summed E-state index contributed by atoms with van der Waals surface area (Å²) in [5, 5.41) is 9.16. The van der Waals surface area contributed by atoms with E-state index in [1.807, 2.05) is 4.90 Å². The molecule has 1 N–H and O–H groups in total. The lowest BCUT2D eigenvalue weighted by Gasteiger charge is -2.46. The van der Waals surface area contributed by atoms with Crippen LogP contribution in [0.15, 0.2) is 0 Å². The molecule has 2 heterocycles. The highest BCUT2D eigenvalue weighted by Gasteiger charge is 2.39. The number of likely N-dealkylation sites (tertiary alicyclic amines) is 1. The average Bonchev–Trinajstić information content (AvgIpc) is 2.53. The van der Waals surface area contributed by atoms with Crippen LogP contribution in [0, 0.1) is 5.92 Å². The third kappa shape index (κ3) is 3.00. The van der Waals surface area contributed by atoms with Gasteiger partial charge in [-0.3, -0.25) is 4.79 Å². The van der Waals surface area contributed by atoms with Crippen LogP contribution in [0.5, 0.6) is 0 Å². The molecule has 3 rings (SSSR count). The Bertz CT molecular complexity index is 412. The monoisotopic (exact) mass is 296 g/mol. The van der Waals surface area contributed by atoms with Gasteiger partial charge in [0.2, 0.25) is 0 Å². The summed E-state index contributed by atoms with van der Waals surface area (Å²) in [6, 6.07) is 0.200. The highest BCUT2D eigenvalue weighted by Crippen LogP contribution is 2.30. The first-order chi connectivity index (χ1) is 10.2. The molecule has 2 saturated heterocycles. The zero-order valence-corrected chi connectivity index (χ0v) is 12.4. The zero-order chi connectivity index (χ0) is 14.8. The Labute approximate surface area is 125 Å². The molecule has 6 nitrogen and oxygen atoms in total. The predicted octanol–water partition coefficient (Wildman–Crippen LogP) is 1.55. The second-order valence-corrected chi connectivity index (χ2v) is 6.36. The van der Waals surface area contributed by atoms with Crippen LogP contribution < -0.4 is 0 Å². The third-order valence-corrected chi connectivity index (χ3v) is 5.02. The van der Waals surface area contributed by atoms with Crippen LogP contribution in [0.1, 0.15) is 38.5 Å². The minimum absolute atomic E-state index is 0.0150. The van der Waals surface area contributed by atoms with Gasteiger partial charge in [0.1, 0.15) is 0 Å². The molecule has 0 bridgehead atoms. The van der Waals surface area contributed by atoms with Crippen molar-refractivity contribution < 1.29 is 19.4 Å². The van der Waals surface area contributed by atoms with Gasteiger partial charge in [0, 0.05) is 19.6 Å². The van der Waals surface area contributed by atoms with Crippen molar-refractivity contribution in [2.45, 2.75) is 50.7 Å². The van der Waals surface area contributed by atoms with E-state index in [1.54, 1.807) is 4.90 Å². The number of ether oxygens (including phenoxy) is 1. The van der Waals surface area contributed by atoms with E-state index in [9.17, 15) is 9.59 Å². The standard InChI is InChI=1S/C15H24N2O4/c18-14(19)11-4-3-7-16(10-11)15(20)17-8-9-21-13-6-2-1-5-12(13)17/h11-13H,1-10H2,(H,18,19)/t11-,12?,13?/m0/s1. The molecule has 0 spiro atoms. The van der Waals surface area contributed by atoms with Crippen LogP contribution in [0.25, 0.3) is 0 Å². The number of carboxylic acids is 1. The van der Waals surface area contributed by atoms with Gasteiger partial charge >= 0.3 is 12.0 Å². The summed E-state index contributed by atoms with van der Waals surface area (Å²) in [4.78, 5) is 27.6. The Morgan fingerprint density at radius 3 is 2.67 bits per heavy atom. The maximum Gasteiger partial charge on any atom is 0.320 e. The molecule has 0 aromatic carbocycles. The molecule has 2 unspecified atom stereocenters. The van der Waals surface area contributed by atoms with Crippen molar-refractivity contribution in [2.75, 3.05) is 26.2 Å². The van der Waals surface area contributed by atoms with Crippen molar-refractivity contribution in [1.29, 1.82) is 0 Å². The minimum Gasteiger partial charge on any atom is -0.481 e. The van der Waals surface area contributed by atoms with Crippen molar-refractivity contribution in [3.63, 3.8) is 0 Å². The first-order valence-electron chi connectivity index (χ1n) is 8.07. The van der Waals surface area contributed by atoms with Gasteiger partial charge < -0.3 is 19.6 Å². The predicted molar refractivity (Wildman–Crippen MR) is 76.0 cm³/mol. The second kappa shape index (κ2) is 6.22. The number of fused-ring (bicyclic) bond motifs is 1. The van der Waals surface area contributed by atoms with Gasteiger partial charge in [-0.2, -0.15) is 0 Å². The molecule has 1 aliphatic carbocycles. The number of aliphatic carboxylic acids is 1. The topological polar surface area (TPSA) is 70.1 Å². The van der Waals surface area contributed by atoms with Gasteiger partial charge in [-0.1, -0.05) is 12.8 Å². The van der Waals surface area contributed by atoms with Crippen LogP contribution in [0.2, 0.25) is 0 Å². The summed E-state index contributed by atoms with van der Waals surface area (Å²) in [5.74, 6) is -1.20. The first-order valence-corrected chi connectivity index (χ1v) is 8.07. The average molecular weight is 296 g/mol. The van der Waals surface area contributed by atoms with Crippen molar-refractivity contribution in [2.24, 2.45) is 5.92 Å². The van der Waals surface area contributed by atoms with E-state index in [4.69, 9.17) is 9.84 Å². The van der Waals surface area contributed by atoms with Crippen molar-refractivity contribution in [1.82, 2.24) is 9.80 Å². The molecule has 21 heavy (non-hydrogen) atoms. The maximum atomic E-state index is 12.8. The number of carbonyl (C=O) groups is 2. The molecule has 0 radical (unpaired) electrons. The zero-order valence-electron chi connectivity index (χ0n) is 12.4. The molecule has 3 aliphatic rings. The fourth-order valence-corrected chi connectivity index (χ4v) is 3.87. The number of carboxylic acid groups (broad SMARTS) is 1. The van der Waals surface area contributed by atoms with Gasteiger partial charge in [-0.25, -0.2) is 4.79 Å². The molecular weight excluding hydrogens is 272 g/mol. The molecule has 2 aliphatic heterocycles. The lowest BCUT2D eigenvalue weighted by atomic mass is 9.90. The number of morpholine rings is 1. The Morgan fingerprint density at radius 1 is 1.05 bits per heavy atom. The quantitative estimate of drug-likeness (QED) is 0.797. The first kappa shape index (κ1) is 14.6. The summed E-state index contributed by atoms with van der Waals surface area (Å²) < 4.78 is 5.80. The smallest absolute Gasteiger partial charge is 0.320 e. The van der Waals surface area contributed by atoms with E-state index in [-0.39, 0.29) is 18.2 Å². The summed E-state index contributed by atoms with van der Waals surface area (Å²) in [6.07, 6.45) is 5.99.